The number of hydrogen-bond acceptors (Lipinski definition) is 1. The van der Waals surface area contributed by atoms with Crippen LogP contribution in [-0.2, 0) is 0 Å². The van der Waals surface area contributed by atoms with Crippen LogP contribution < -0.4 is 0 Å². The van der Waals surface area contributed by atoms with Crippen molar-refractivity contribution in [3.8, 4) is 0 Å². The molecule has 112 valence electrons. The number of benzene rings is 4. The Hall–Kier alpha value is -2.84. The fourth-order valence-corrected chi connectivity index (χ4v) is 5.08. The van der Waals surface area contributed by atoms with E-state index in [9.17, 15) is 0 Å². The molecule has 0 unspecified atom stereocenters. The third-order valence-electron chi connectivity index (χ3n) is 4.99. The molecule has 0 aliphatic carbocycles. The molecule has 24 heavy (non-hydrogen) atoms. The van der Waals surface area contributed by atoms with Gasteiger partial charge in [0.25, 0.3) is 0 Å². The van der Waals surface area contributed by atoms with Crippen molar-refractivity contribution in [1.82, 2.24) is 4.98 Å². The summed E-state index contributed by atoms with van der Waals surface area (Å²) >= 11 is 1.88. The van der Waals surface area contributed by atoms with E-state index in [-0.39, 0.29) is 0 Å². The van der Waals surface area contributed by atoms with E-state index in [1.54, 1.807) is 0 Å². The Labute approximate surface area is 142 Å². The van der Waals surface area contributed by atoms with Crippen LogP contribution in [0.5, 0.6) is 0 Å². The fraction of sp³-hybridized carbons (Fsp3) is 0. The minimum atomic E-state index is 1.21. The average Bonchev–Trinajstić information content (AvgIpc) is 3.19. The molecule has 0 saturated heterocycles. The summed E-state index contributed by atoms with van der Waals surface area (Å²) in [5.74, 6) is 0. The lowest BCUT2D eigenvalue weighted by molar-refractivity contribution is 1.56. The van der Waals surface area contributed by atoms with Crippen LogP contribution in [0.15, 0.2) is 72.8 Å². The van der Waals surface area contributed by atoms with E-state index in [2.05, 4.69) is 77.8 Å². The van der Waals surface area contributed by atoms with Crippen LogP contribution in [-0.4, -0.2) is 4.98 Å². The van der Waals surface area contributed by atoms with Crippen LogP contribution in [0.1, 0.15) is 0 Å². The number of H-pyrrole nitrogens is 1. The third-order valence-corrected chi connectivity index (χ3v) is 6.13. The molecule has 0 aliphatic heterocycles. The zero-order chi connectivity index (χ0) is 15.7. The number of hydrogen-bond donors (Lipinski definition) is 1. The first-order valence-corrected chi connectivity index (χ1v) is 8.95. The Morgan fingerprint density at radius 1 is 0.542 bits per heavy atom. The van der Waals surface area contributed by atoms with Gasteiger partial charge in [0.05, 0.1) is 0 Å². The van der Waals surface area contributed by atoms with Crippen LogP contribution in [0.3, 0.4) is 0 Å². The van der Waals surface area contributed by atoms with Crippen LogP contribution in [0.25, 0.3) is 52.8 Å². The molecule has 6 rings (SSSR count). The molecule has 0 saturated carbocycles. The van der Waals surface area contributed by atoms with Gasteiger partial charge in [0.2, 0.25) is 0 Å². The summed E-state index contributed by atoms with van der Waals surface area (Å²) in [6, 6.07) is 26.3. The predicted molar refractivity (Wildman–Crippen MR) is 106 cm³/mol. The Morgan fingerprint density at radius 3 is 2.25 bits per heavy atom. The van der Waals surface area contributed by atoms with Crippen molar-refractivity contribution < 1.29 is 0 Å². The van der Waals surface area contributed by atoms with Crippen molar-refractivity contribution in [2.75, 3.05) is 0 Å². The number of fused-ring (bicyclic) bond motifs is 9. The molecule has 0 fully saturated rings. The molecule has 0 atom stereocenters. The molecule has 2 heterocycles. The summed E-state index contributed by atoms with van der Waals surface area (Å²) in [7, 11) is 0. The van der Waals surface area contributed by atoms with Gasteiger partial charge in [-0.25, -0.2) is 0 Å². The molecule has 1 nitrogen and oxygen atoms in total. The van der Waals surface area contributed by atoms with Crippen molar-refractivity contribution in [2.45, 2.75) is 0 Å². The molecule has 0 aliphatic rings. The van der Waals surface area contributed by atoms with Crippen LogP contribution in [0.4, 0.5) is 0 Å². The van der Waals surface area contributed by atoms with Gasteiger partial charge in [-0.3, -0.25) is 0 Å². The molecule has 0 radical (unpaired) electrons. The topological polar surface area (TPSA) is 15.8 Å². The minimum Gasteiger partial charge on any atom is -0.354 e. The Morgan fingerprint density at radius 2 is 1.29 bits per heavy atom. The zero-order valence-electron chi connectivity index (χ0n) is 12.8. The SMILES string of the molecule is c1ccc2c(c1)ccc1[nH]c3ccc4sc5ccccc5c4c3c12. The maximum absolute atomic E-state index is 3.62. The second kappa shape index (κ2) is 4.37. The van der Waals surface area contributed by atoms with Crippen LogP contribution in [0, 0.1) is 0 Å². The molecular formula is C22H13NS. The highest BCUT2D eigenvalue weighted by Crippen LogP contribution is 2.42. The van der Waals surface area contributed by atoms with E-state index in [1.807, 2.05) is 11.3 Å². The number of rotatable bonds is 0. The fourth-order valence-electron chi connectivity index (χ4n) is 3.97. The van der Waals surface area contributed by atoms with Gasteiger partial charge in [0.1, 0.15) is 0 Å². The number of aromatic nitrogens is 1. The standard InChI is InChI=1S/C22H13NS/c1-2-6-14-13(5-1)9-10-16-20(14)22-17(23-16)11-12-19-21(22)15-7-3-4-8-18(15)24-19/h1-12,23H. The first kappa shape index (κ1) is 12.6. The van der Waals surface area contributed by atoms with Crippen molar-refractivity contribution in [3.63, 3.8) is 0 Å². The molecule has 0 amide bonds. The van der Waals surface area contributed by atoms with E-state index < -0.39 is 0 Å². The van der Waals surface area contributed by atoms with Crippen molar-refractivity contribution in [3.05, 3.63) is 72.8 Å². The molecule has 1 N–H and O–H groups in total. The lowest BCUT2D eigenvalue weighted by Gasteiger charge is -2.01. The van der Waals surface area contributed by atoms with E-state index in [1.165, 1.54) is 52.8 Å². The third kappa shape index (κ3) is 1.49. The van der Waals surface area contributed by atoms with Gasteiger partial charge in [-0.15, -0.1) is 11.3 Å². The van der Waals surface area contributed by atoms with Crippen LogP contribution in [0.2, 0.25) is 0 Å². The summed E-state index contributed by atoms with van der Waals surface area (Å²) in [4.78, 5) is 3.62. The second-order valence-electron chi connectivity index (χ2n) is 6.29. The number of aromatic amines is 1. The maximum atomic E-state index is 3.62. The van der Waals surface area contributed by atoms with Gasteiger partial charge in [-0.05, 0) is 35.0 Å². The summed E-state index contributed by atoms with van der Waals surface area (Å²) in [5, 5.41) is 8.06. The lowest BCUT2D eigenvalue weighted by atomic mass is 10.0. The second-order valence-corrected chi connectivity index (χ2v) is 7.38. The number of nitrogens with one attached hydrogen (secondary N) is 1. The molecule has 6 aromatic rings. The highest BCUT2D eigenvalue weighted by molar-refractivity contribution is 7.26. The van der Waals surface area contributed by atoms with Gasteiger partial charge in [-0.1, -0.05) is 48.5 Å². The van der Waals surface area contributed by atoms with Gasteiger partial charge < -0.3 is 4.98 Å². The largest absolute Gasteiger partial charge is 0.354 e. The van der Waals surface area contributed by atoms with E-state index in [0.717, 1.165) is 0 Å². The first-order chi connectivity index (χ1) is 11.9. The first-order valence-electron chi connectivity index (χ1n) is 8.13. The summed E-state index contributed by atoms with van der Waals surface area (Å²) in [5.41, 5.74) is 2.43. The monoisotopic (exact) mass is 323 g/mol. The average molecular weight is 323 g/mol. The summed E-state index contributed by atoms with van der Waals surface area (Å²) < 4.78 is 2.71. The molecular weight excluding hydrogens is 310 g/mol. The summed E-state index contributed by atoms with van der Waals surface area (Å²) in [6.07, 6.45) is 0. The van der Waals surface area contributed by atoms with E-state index in [0.29, 0.717) is 0 Å². The summed E-state index contributed by atoms with van der Waals surface area (Å²) in [6.45, 7) is 0. The van der Waals surface area contributed by atoms with Gasteiger partial charge in [0, 0.05) is 42.0 Å². The van der Waals surface area contributed by atoms with Crippen molar-refractivity contribution in [2.24, 2.45) is 0 Å². The Balaban J connectivity index is 2.01. The molecule has 2 heteroatoms. The highest BCUT2D eigenvalue weighted by atomic mass is 32.1. The Kier molecular flexibility index (Phi) is 2.29. The quantitative estimate of drug-likeness (QED) is 0.315. The predicted octanol–water partition coefficient (Wildman–Crippen LogP) is 6.84. The van der Waals surface area contributed by atoms with E-state index in [4.69, 9.17) is 0 Å². The van der Waals surface area contributed by atoms with Crippen molar-refractivity contribution in [1.29, 1.82) is 0 Å². The highest BCUT2D eigenvalue weighted by Gasteiger charge is 2.14. The van der Waals surface area contributed by atoms with Crippen molar-refractivity contribution >= 4 is 64.1 Å². The normalized spacial score (nSPS) is 12.2. The molecule has 0 spiro atoms. The maximum Gasteiger partial charge on any atom is 0.0472 e. The smallest absolute Gasteiger partial charge is 0.0472 e. The van der Waals surface area contributed by atoms with Gasteiger partial charge in [0.15, 0.2) is 0 Å². The minimum absolute atomic E-state index is 1.21. The zero-order valence-corrected chi connectivity index (χ0v) is 13.7. The van der Waals surface area contributed by atoms with E-state index >= 15 is 0 Å². The van der Waals surface area contributed by atoms with Gasteiger partial charge in [-0.2, -0.15) is 0 Å². The lowest BCUT2D eigenvalue weighted by Crippen LogP contribution is -1.75. The molecule has 0 bridgehead atoms. The Bertz CT molecular complexity index is 1400. The van der Waals surface area contributed by atoms with Crippen LogP contribution >= 0.6 is 11.3 Å². The molecule has 4 aromatic carbocycles. The molecule has 2 aromatic heterocycles. The van der Waals surface area contributed by atoms with Gasteiger partial charge >= 0.3 is 0 Å². The number of thiophene rings is 1.